The molecule has 1 amide bonds. The Balaban J connectivity index is 2.18. The lowest BCUT2D eigenvalue weighted by Gasteiger charge is -2.20. The molecule has 0 fully saturated rings. The van der Waals surface area contributed by atoms with Crippen molar-refractivity contribution in [3.8, 4) is 0 Å². The number of hydrogen-bond acceptors (Lipinski definition) is 3. The molecule has 1 aromatic rings. The van der Waals surface area contributed by atoms with Crippen molar-refractivity contribution in [2.75, 3.05) is 20.2 Å². The zero-order chi connectivity index (χ0) is 14.5. The first-order valence-corrected chi connectivity index (χ1v) is 7.12. The third-order valence-electron chi connectivity index (χ3n) is 3.76. The van der Waals surface area contributed by atoms with E-state index in [4.69, 9.17) is 4.74 Å². The van der Waals surface area contributed by atoms with Crippen LogP contribution in [0.2, 0.25) is 0 Å². The number of fused-ring (bicyclic) bond motifs is 1. The average Bonchev–Trinajstić information content (AvgIpc) is 2.56. The number of rotatable bonds is 4. The van der Waals surface area contributed by atoms with E-state index in [-0.39, 0.29) is 24.2 Å². The number of carbonyl (C=O) groups excluding carboxylic acids is 2. The zero-order valence-corrected chi connectivity index (χ0v) is 12.1. The summed E-state index contributed by atoms with van der Waals surface area (Å²) in [5.74, 6) is -0.368. The van der Waals surface area contributed by atoms with Crippen LogP contribution in [0.15, 0.2) is 24.3 Å². The molecule has 1 heterocycles. The highest BCUT2D eigenvalue weighted by molar-refractivity contribution is 5.85. The third-order valence-corrected chi connectivity index (χ3v) is 3.76. The lowest BCUT2D eigenvalue weighted by atomic mass is 9.90. The smallest absolute Gasteiger partial charge is 0.305 e. The summed E-state index contributed by atoms with van der Waals surface area (Å²) in [7, 11) is 1.82. The van der Waals surface area contributed by atoms with E-state index in [2.05, 4.69) is 6.07 Å². The van der Waals surface area contributed by atoms with E-state index < -0.39 is 0 Å². The van der Waals surface area contributed by atoms with Crippen molar-refractivity contribution < 1.29 is 14.3 Å². The molecule has 108 valence electrons. The molecule has 20 heavy (non-hydrogen) atoms. The van der Waals surface area contributed by atoms with Crippen LogP contribution in [-0.4, -0.2) is 37.0 Å². The maximum Gasteiger partial charge on any atom is 0.305 e. The predicted octanol–water partition coefficient (Wildman–Crippen LogP) is 2.13. The molecule has 1 aliphatic heterocycles. The fourth-order valence-electron chi connectivity index (χ4n) is 2.67. The van der Waals surface area contributed by atoms with Gasteiger partial charge >= 0.3 is 5.97 Å². The Labute approximate surface area is 119 Å². The Morgan fingerprint density at radius 1 is 1.40 bits per heavy atom. The second kappa shape index (κ2) is 6.55. The maximum absolute atomic E-state index is 12.5. The van der Waals surface area contributed by atoms with Crippen LogP contribution in [-0.2, 0) is 20.7 Å². The molecular weight excluding hydrogens is 254 g/mol. The van der Waals surface area contributed by atoms with Gasteiger partial charge in [0.05, 0.1) is 12.5 Å². The summed E-state index contributed by atoms with van der Waals surface area (Å²) in [6, 6.07) is 8.02. The largest absolute Gasteiger partial charge is 0.466 e. The van der Waals surface area contributed by atoms with Crippen molar-refractivity contribution in [1.29, 1.82) is 0 Å². The van der Waals surface area contributed by atoms with Gasteiger partial charge in [-0.1, -0.05) is 24.3 Å². The molecule has 0 N–H and O–H groups in total. The minimum absolute atomic E-state index is 0.0965. The topological polar surface area (TPSA) is 46.6 Å². The maximum atomic E-state index is 12.5. The minimum Gasteiger partial charge on any atom is -0.466 e. The Kier molecular flexibility index (Phi) is 4.77. The van der Waals surface area contributed by atoms with Crippen LogP contribution in [0.5, 0.6) is 0 Å². The van der Waals surface area contributed by atoms with Crippen LogP contribution in [0.4, 0.5) is 0 Å². The molecule has 4 nitrogen and oxygen atoms in total. The number of ether oxygens (including phenoxy) is 1. The highest BCUT2D eigenvalue weighted by atomic mass is 16.5. The van der Waals surface area contributed by atoms with Gasteiger partial charge in [-0.2, -0.15) is 0 Å². The summed E-state index contributed by atoms with van der Waals surface area (Å²) < 4.78 is 4.95. The summed E-state index contributed by atoms with van der Waals surface area (Å²) in [4.78, 5) is 25.7. The van der Waals surface area contributed by atoms with E-state index >= 15 is 0 Å². The molecule has 1 aromatic carbocycles. The standard InChI is InChI=1S/C16H21NO3/c1-3-20-15(18)9-8-14-13-7-5-4-6-12(13)10-11-17(2)16(14)19/h4-7,14H,3,8-11H2,1-2H3/t14-/m0/s1. The van der Waals surface area contributed by atoms with E-state index in [9.17, 15) is 9.59 Å². The molecule has 0 radical (unpaired) electrons. The monoisotopic (exact) mass is 275 g/mol. The molecule has 0 saturated carbocycles. The number of amides is 1. The second-order valence-electron chi connectivity index (χ2n) is 5.10. The Hall–Kier alpha value is -1.84. The molecule has 4 heteroatoms. The molecular formula is C16H21NO3. The first-order chi connectivity index (χ1) is 9.63. The van der Waals surface area contributed by atoms with Gasteiger partial charge in [0.25, 0.3) is 0 Å². The molecule has 0 bridgehead atoms. The van der Waals surface area contributed by atoms with E-state index in [1.54, 1.807) is 11.8 Å². The van der Waals surface area contributed by atoms with Crippen LogP contribution >= 0.6 is 0 Å². The summed E-state index contributed by atoms with van der Waals surface area (Å²) in [5.41, 5.74) is 2.27. The fraction of sp³-hybridized carbons (Fsp3) is 0.500. The van der Waals surface area contributed by atoms with Crippen LogP contribution in [0.1, 0.15) is 36.8 Å². The molecule has 1 atom stereocenters. The Morgan fingerprint density at radius 2 is 2.15 bits per heavy atom. The van der Waals surface area contributed by atoms with Gasteiger partial charge in [-0.25, -0.2) is 0 Å². The first kappa shape index (κ1) is 14.6. The van der Waals surface area contributed by atoms with Crippen LogP contribution in [0.3, 0.4) is 0 Å². The highest BCUT2D eigenvalue weighted by Gasteiger charge is 2.29. The number of likely N-dealkylation sites (N-methyl/N-ethyl adjacent to an activating group) is 1. The summed E-state index contributed by atoms with van der Waals surface area (Å²) in [5, 5.41) is 0. The van der Waals surface area contributed by atoms with Crippen molar-refractivity contribution >= 4 is 11.9 Å². The molecule has 0 unspecified atom stereocenters. The predicted molar refractivity (Wildman–Crippen MR) is 76.4 cm³/mol. The highest BCUT2D eigenvalue weighted by Crippen LogP contribution is 2.29. The van der Waals surface area contributed by atoms with E-state index in [0.29, 0.717) is 13.0 Å². The molecule has 2 rings (SSSR count). The minimum atomic E-state index is -0.233. The summed E-state index contributed by atoms with van der Waals surface area (Å²) in [6.45, 7) is 2.90. The molecule has 0 aromatic heterocycles. The third kappa shape index (κ3) is 3.18. The van der Waals surface area contributed by atoms with Gasteiger partial charge in [-0.3, -0.25) is 9.59 Å². The van der Waals surface area contributed by atoms with E-state index in [0.717, 1.165) is 18.5 Å². The van der Waals surface area contributed by atoms with Gasteiger partial charge in [-0.15, -0.1) is 0 Å². The van der Waals surface area contributed by atoms with E-state index in [1.807, 2.05) is 25.2 Å². The van der Waals surface area contributed by atoms with Gasteiger partial charge in [0, 0.05) is 20.0 Å². The number of benzene rings is 1. The normalized spacial score (nSPS) is 18.4. The summed E-state index contributed by atoms with van der Waals surface area (Å²) >= 11 is 0. The van der Waals surface area contributed by atoms with E-state index in [1.165, 1.54) is 5.56 Å². The Bertz CT molecular complexity index is 498. The average molecular weight is 275 g/mol. The SMILES string of the molecule is CCOC(=O)CC[C@@H]1C(=O)N(C)CCc2ccccc21. The summed E-state index contributed by atoms with van der Waals surface area (Å²) in [6.07, 6.45) is 1.67. The van der Waals surface area contributed by atoms with Crippen molar-refractivity contribution in [3.05, 3.63) is 35.4 Å². The number of hydrogen-bond donors (Lipinski definition) is 0. The fourth-order valence-corrected chi connectivity index (χ4v) is 2.67. The van der Waals surface area contributed by atoms with Gasteiger partial charge < -0.3 is 9.64 Å². The van der Waals surface area contributed by atoms with Crippen molar-refractivity contribution in [1.82, 2.24) is 4.90 Å². The van der Waals surface area contributed by atoms with Crippen molar-refractivity contribution in [2.24, 2.45) is 0 Å². The first-order valence-electron chi connectivity index (χ1n) is 7.12. The van der Waals surface area contributed by atoms with Crippen molar-refractivity contribution in [2.45, 2.75) is 32.1 Å². The van der Waals surface area contributed by atoms with Crippen LogP contribution in [0, 0.1) is 0 Å². The van der Waals surface area contributed by atoms with Gasteiger partial charge in [0.15, 0.2) is 0 Å². The quantitative estimate of drug-likeness (QED) is 0.791. The lowest BCUT2D eigenvalue weighted by Crippen LogP contribution is -2.31. The molecule has 0 aliphatic carbocycles. The Morgan fingerprint density at radius 3 is 2.90 bits per heavy atom. The lowest BCUT2D eigenvalue weighted by molar-refractivity contribution is -0.143. The number of carbonyl (C=O) groups is 2. The van der Waals surface area contributed by atoms with Gasteiger partial charge in [-0.05, 0) is 30.9 Å². The van der Waals surface area contributed by atoms with Crippen LogP contribution in [0.25, 0.3) is 0 Å². The molecule has 0 spiro atoms. The van der Waals surface area contributed by atoms with Crippen LogP contribution < -0.4 is 0 Å². The van der Waals surface area contributed by atoms with Crippen molar-refractivity contribution in [3.63, 3.8) is 0 Å². The number of nitrogens with zero attached hydrogens (tertiary/aromatic N) is 1. The second-order valence-corrected chi connectivity index (χ2v) is 5.10. The zero-order valence-electron chi connectivity index (χ0n) is 12.1. The van der Waals surface area contributed by atoms with Gasteiger partial charge in [0.1, 0.15) is 0 Å². The number of esters is 1. The van der Waals surface area contributed by atoms with Gasteiger partial charge in [0.2, 0.25) is 5.91 Å². The molecule has 0 saturated heterocycles. The molecule has 1 aliphatic rings.